The van der Waals surface area contributed by atoms with Crippen molar-refractivity contribution in [2.75, 3.05) is 0 Å². The van der Waals surface area contributed by atoms with Gasteiger partial charge in [-0.25, -0.2) is 0 Å². The maximum absolute atomic E-state index is 5.15. The fourth-order valence-corrected chi connectivity index (χ4v) is 10.5. The second-order valence-electron chi connectivity index (χ2n) is 15.1. The van der Waals surface area contributed by atoms with Gasteiger partial charge >= 0.3 is 0 Å². The van der Waals surface area contributed by atoms with Crippen LogP contribution in [0.25, 0.3) is 114 Å². The van der Waals surface area contributed by atoms with Crippen LogP contribution in [0.3, 0.4) is 0 Å². The monoisotopic (exact) mass is 757 g/mol. The summed E-state index contributed by atoms with van der Waals surface area (Å²) >= 11 is 1.80. The minimum atomic E-state index is 1.03. The van der Waals surface area contributed by atoms with Crippen molar-refractivity contribution in [3.05, 3.63) is 188 Å². The van der Waals surface area contributed by atoms with Crippen molar-refractivity contribution in [2.45, 2.75) is 0 Å². The van der Waals surface area contributed by atoms with Crippen LogP contribution >= 0.6 is 11.3 Å². The van der Waals surface area contributed by atoms with E-state index in [1.165, 1.54) is 74.9 Å². The van der Waals surface area contributed by atoms with E-state index in [0.717, 1.165) is 39.0 Å². The van der Waals surface area contributed by atoms with Crippen LogP contribution in [0.1, 0.15) is 0 Å². The number of hydrogen-bond donors (Lipinski definition) is 0. The van der Waals surface area contributed by atoms with E-state index in [2.05, 4.69) is 189 Å². The van der Waals surface area contributed by atoms with Gasteiger partial charge in [0.05, 0.1) is 55.2 Å². The van der Waals surface area contributed by atoms with Gasteiger partial charge in [0.2, 0.25) is 0 Å². The van der Waals surface area contributed by atoms with Crippen molar-refractivity contribution in [3.8, 4) is 28.2 Å². The zero-order chi connectivity index (χ0) is 37.9. The minimum absolute atomic E-state index is 1.03. The standard InChI is InChI=1S/C52H31N5S/c1-2-10-34(11-3-1)55-44-15-7-4-12-37(44)40-21-18-33(27-49(40)55)32-19-22-47-41(26-32)38-13-5-8-16-45(38)56(47)35-20-23-50-42(28-35)52-51(58-50)29-36(30-54-52)57-46-17-9-6-14-39(46)43-31-53-25-24-48(43)57/h1-31H. The summed E-state index contributed by atoms with van der Waals surface area (Å²) in [6.07, 6.45) is 5.85. The molecule has 6 aromatic heterocycles. The lowest BCUT2D eigenvalue weighted by Gasteiger charge is -2.10. The second kappa shape index (κ2) is 12.0. The molecule has 0 aliphatic rings. The summed E-state index contributed by atoms with van der Waals surface area (Å²) < 4.78 is 9.50. The summed E-state index contributed by atoms with van der Waals surface area (Å²) in [7, 11) is 0. The predicted octanol–water partition coefficient (Wildman–Crippen LogP) is 13.8. The van der Waals surface area contributed by atoms with Crippen molar-refractivity contribution in [1.29, 1.82) is 0 Å². The number of pyridine rings is 2. The zero-order valence-electron chi connectivity index (χ0n) is 31.0. The van der Waals surface area contributed by atoms with Crippen molar-refractivity contribution in [2.24, 2.45) is 0 Å². The molecule has 0 atom stereocenters. The Balaban J connectivity index is 0.955. The van der Waals surface area contributed by atoms with Crippen LogP contribution in [-0.4, -0.2) is 23.7 Å². The van der Waals surface area contributed by atoms with E-state index in [-0.39, 0.29) is 0 Å². The molecule has 6 heteroatoms. The smallest absolute Gasteiger partial charge is 0.0890 e. The summed E-state index contributed by atoms with van der Waals surface area (Å²) in [5, 5.41) is 8.49. The highest BCUT2D eigenvalue weighted by Crippen LogP contribution is 2.41. The molecule has 7 aromatic carbocycles. The van der Waals surface area contributed by atoms with Crippen LogP contribution in [0.15, 0.2) is 188 Å². The van der Waals surface area contributed by atoms with Gasteiger partial charge in [0.1, 0.15) is 0 Å². The van der Waals surface area contributed by atoms with Gasteiger partial charge in [-0.2, -0.15) is 0 Å². The SMILES string of the molecule is c1ccc(-n2c3ccccc3c3ccc(-c4ccc5c(c4)c4ccccc4n5-c4ccc5sc6cc(-n7c8ccccc8c8cnccc87)cnc6c5c4)cc32)cc1. The average molecular weight is 758 g/mol. The molecule has 0 aliphatic carbocycles. The van der Waals surface area contributed by atoms with Gasteiger partial charge in [-0.3, -0.25) is 9.97 Å². The third-order valence-corrected chi connectivity index (χ3v) is 13.1. The Bertz CT molecular complexity index is 3750. The van der Waals surface area contributed by atoms with Gasteiger partial charge in [-0.15, -0.1) is 11.3 Å². The number of thiophene rings is 1. The third-order valence-electron chi connectivity index (χ3n) is 12.0. The molecule has 0 aliphatic heterocycles. The molecule has 0 fully saturated rings. The zero-order valence-corrected chi connectivity index (χ0v) is 31.9. The van der Waals surface area contributed by atoms with E-state index in [1.807, 2.05) is 18.6 Å². The van der Waals surface area contributed by atoms with Gasteiger partial charge in [-0.1, -0.05) is 91.0 Å². The average Bonchev–Trinajstić information content (AvgIpc) is 4.02. The van der Waals surface area contributed by atoms with Crippen molar-refractivity contribution >= 4 is 97.1 Å². The molecule has 270 valence electrons. The lowest BCUT2D eigenvalue weighted by Crippen LogP contribution is -1.95. The van der Waals surface area contributed by atoms with Gasteiger partial charge < -0.3 is 13.7 Å². The van der Waals surface area contributed by atoms with Gasteiger partial charge in [0, 0.05) is 66.2 Å². The molecule has 0 unspecified atom stereocenters. The van der Waals surface area contributed by atoms with Crippen LogP contribution in [0.4, 0.5) is 0 Å². The summed E-state index contributed by atoms with van der Waals surface area (Å²) in [6, 6.07) is 61.8. The minimum Gasteiger partial charge on any atom is -0.309 e. The number of benzene rings is 7. The van der Waals surface area contributed by atoms with Crippen LogP contribution in [0.5, 0.6) is 0 Å². The molecule has 58 heavy (non-hydrogen) atoms. The molecule has 0 amide bonds. The first-order chi connectivity index (χ1) is 28.8. The number of aromatic nitrogens is 5. The molecule has 0 saturated heterocycles. The van der Waals surface area contributed by atoms with E-state index >= 15 is 0 Å². The Kier molecular flexibility index (Phi) is 6.54. The van der Waals surface area contributed by atoms with Gasteiger partial charge in [0.25, 0.3) is 0 Å². The normalized spacial score (nSPS) is 12.1. The third kappa shape index (κ3) is 4.46. The number of nitrogens with zero attached hydrogens (tertiary/aromatic N) is 5. The molecule has 0 saturated carbocycles. The first kappa shape index (κ1) is 31.6. The van der Waals surface area contributed by atoms with Crippen LogP contribution in [-0.2, 0) is 0 Å². The molecular weight excluding hydrogens is 727 g/mol. The highest BCUT2D eigenvalue weighted by Gasteiger charge is 2.18. The number of rotatable bonds is 4. The fourth-order valence-electron chi connectivity index (χ4n) is 9.42. The largest absolute Gasteiger partial charge is 0.309 e. The van der Waals surface area contributed by atoms with E-state index in [9.17, 15) is 0 Å². The van der Waals surface area contributed by atoms with E-state index in [4.69, 9.17) is 4.98 Å². The number of hydrogen-bond acceptors (Lipinski definition) is 3. The summed E-state index contributed by atoms with van der Waals surface area (Å²) in [5.74, 6) is 0. The molecule has 13 rings (SSSR count). The van der Waals surface area contributed by atoms with Gasteiger partial charge in [-0.05, 0) is 90.0 Å². The Hall–Kier alpha value is -7.54. The molecule has 0 N–H and O–H groups in total. The molecule has 0 bridgehead atoms. The first-order valence-corrected chi connectivity index (χ1v) is 20.4. The van der Waals surface area contributed by atoms with E-state index < -0.39 is 0 Å². The van der Waals surface area contributed by atoms with Crippen LogP contribution < -0.4 is 0 Å². The van der Waals surface area contributed by atoms with Crippen LogP contribution in [0, 0.1) is 0 Å². The van der Waals surface area contributed by atoms with Crippen molar-refractivity contribution < 1.29 is 0 Å². The Morgan fingerprint density at radius 1 is 0.345 bits per heavy atom. The lowest BCUT2D eigenvalue weighted by atomic mass is 10.0. The molecule has 6 heterocycles. The Morgan fingerprint density at radius 2 is 0.948 bits per heavy atom. The van der Waals surface area contributed by atoms with Crippen LogP contribution in [0.2, 0.25) is 0 Å². The lowest BCUT2D eigenvalue weighted by molar-refractivity contribution is 1.16. The molecule has 0 radical (unpaired) electrons. The summed E-state index contributed by atoms with van der Waals surface area (Å²) in [5.41, 5.74) is 13.8. The quantitative estimate of drug-likeness (QED) is 0.179. The molecular formula is C52H31N5S. The first-order valence-electron chi connectivity index (χ1n) is 19.6. The Morgan fingerprint density at radius 3 is 1.74 bits per heavy atom. The molecule has 13 aromatic rings. The number of fused-ring (bicyclic) bond motifs is 12. The maximum Gasteiger partial charge on any atom is 0.0890 e. The fraction of sp³-hybridized carbons (Fsp3) is 0. The summed E-state index contributed by atoms with van der Waals surface area (Å²) in [6.45, 7) is 0. The van der Waals surface area contributed by atoms with Crippen molar-refractivity contribution in [1.82, 2.24) is 23.7 Å². The highest BCUT2D eigenvalue weighted by atomic mass is 32.1. The summed E-state index contributed by atoms with van der Waals surface area (Å²) in [4.78, 5) is 9.59. The van der Waals surface area contributed by atoms with Gasteiger partial charge in [0.15, 0.2) is 0 Å². The van der Waals surface area contributed by atoms with E-state index in [1.54, 1.807) is 11.3 Å². The second-order valence-corrected chi connectivity index (χ2v) is 16.2. The van der Waals surface area contributed by atoms with E-state index in [0.29, 0.717) is 0 Å². The topological polar surface area (TPSA) is 40.6 Å². The highest BCUT2D eigenvalue weighted by molar-refractivity contribution is 7.25. The maximum atomic E-state index is 5.15. The molecule has 5 nitrogen and oxygen atoms in total. The van der Waals surface area contributed by atoms with Crippen molar-refractivity contribution in [3.63, 3.8) is 0 Å². The predicted molar refractivity (Wildman–Crippen MR) is 243 cm³/mol. The number of para-hydroxylation sites is 4. The molecule has 0 spiro atoms. The Labute approximate surface area is 335 Å².